The molecule has 0 aliphatic heterocycles. The van der Waals surface area contributed by atoms with Gasteiger partial charge in [0, 0.05) is 25.4 Å². The van der Waals surface area contributed by atoms with E-state index < -0.39 is 10.0 Å². The zero-order valence-corrected chi connectivity index (χ0v) is 9.96. The molecule has 1 heterocycles. The molecule has 0 bridgehead atoms. The quantitative estimate of drug-likeness (QED) is 0.691. The van der Waals surface area contributed by atoms with E-state index in [1.54, 1.807) is 12.4 Å². The highest BCUT2D eigenvalue weighted by Crippen LogP contribution is 2.29. The molecule has 6 heteroatoms. The first-order chi connectivity index (χ1) is 7.66. The molecule has 5 nitrogen and oxygen atoms in total. The van der Waals surface area contributed by atoms with Crippen LogP contribution in [0.1, 0.15) is 25.1 Å². The third-order valence-electron chi connectivity index (χ3n) is 2.62. The van der Waals surface area contributed by atoms with E-state index in [-0.39, 0.29) is 0 Å². The van der Waals surface area contributed by atoms with Gasteiger partial charge in [0.1, 0.15) is 5.82 Å². The first kappa shape index (κ1) is 11.6. The second-order valence-electron chi connectivity index (χ2n) is 4.26. The molecule has 1 aliphatic rings. The summed E-state index contributed by atoms with van der Waals surface area (Å²) in [6, 6.07) is 0. The zero-order chi connectivity index (χ0) is 11.4. The van der Waals surface area contributed by atoms with Gasteiger partial charge in [-0.3, -0.25) is 0 Å². The average Bonchev–Trinajstić information content (AvgIpc) is 2.86. The summed E-state index contributed by atoms with van der Waals surface area (Å²) in [4.78, 5) is 7.06. The lowest BCUT2D eigenvalue weighted by molar-refractivity contribution is 0.574. The van der Waals surface area contributed by atoms with Gasteiger partial charge in [-0.25, -0.2) is 18.1 Å². The van der Waals surface area contributed by atoms with Crippen LogP contribution in [0, 0.1) is 5.92 Å². The van der Waals surface area contributed by atoms with Gasteiger partial charge in [-0.15, -0.1) is 0 Å². The molecule has 0 aromatic carbocycles. The number of nitrogens with zero attached hydrogens (tertiary/aromatic N) is 1. The summed E-state index contributed by atoms with van der Waals surface area (Å²) in [7, 11) is -3.04. The number of hydrogen-bond acceptors (Lipinski definition) is 3. The normalized spacial score (nSPS) is 16.5. The first-order valence-electron chi connectivity index (χ1n) is 5.61. The molecule has 2 rings (SSSR count). The third kappa shape index (κ3) is 3.94. The Kier molecular flexibility index (Phi) is 3.60. The van der Waals surface area contributed by atoms with E-state index in [9.17, 15) is 8.42 Å². The van der Waals surface area contributed by atoms with E-state index in [4.69, 9.17) is 0 Å². The Hall–Kier alpha value is -0.880. The molecule has 1 aromatic heterocycles. The number of rotatable bonds is 7. The Bertz CT molecular complexity index is 409. The van der Waals surface area contributed by atoms with E-state index >= 15 is 0 Å². The fraction of sp³-hybridized carbons (Fsp3) is 0.700. The lowest BCUT2D eigenvalue weighted by Gasteiger charge is -2.04. The Balaban J connectivity index is 1.63. The Labute approximate surface area is 95.7 Å². The van der Waals surface area contributed by atoms with Gasteiger partial charge < -0.3 is 4.98 Å². The topological polar surface area (TPSA) is 74.8 Å². The van der Waals surface area contributed by atoms with E-state index in [1.807, 2.05) is 0 Å². The smallest absolute Gasteiger partial charge is 0.211 e. The van der Waals surface area contributed by atoms with Gasteiger partial charge in [0.15, 0.2) is 0 Å². The molecular formula is C10H17N3O2S. The van der Waals surface area contributed by atoms with E-state index in [0.717, 1.165) is 31.5 Å². The van der Waals surface area contributed by atoms with Crippen LogP contribution in [0.4, 0.5) is 0 Å². The Morgan fingerprint density at radius 1 is 1.50 bits per heavy atom. The van der Waals surface area contributed by atoms with Crippen molar-refractivity contribution in [1.82, 2.24) is 14.7 Å². The Morgan fingerprint density at radius 3 is 2.94 bits per heavy atom. The molecule has 1 saturated carbocycles. The summed E-state index contributed by atoms with van der Waals surface area (Å²) < 4.78 is 25.6. The molecule has 16 heavy (non-hydrogen) atoms. The van der Waals surface area contributed by atoms with Gasteiger partial charge in [-0.2, -0.15) is 0 Å². The number of nitrogens with one attached hydrogen (secondary N) is 2. The van der Waals surface area contributed by atoms with Crippen molar-refractivity contribution in [3.05, 3.63) is 18.2 Å². The standard InChI is InChI=1S/C10H17N3O2S/c14-16(15,8-9-3-4-9)13-5-1-2-10-11-6-7-12-10/h6-7,9,13H,1-5,8H2,(H,11,12). The molecule has 0 radical (unpaired) electrons. The van der Waals surface area contributed by atoms with Gasteiger partial charge >= 0.3 is 0 Å². The molecule has 1 aromatic rings. The molecule has 0 spiro atoms. The molecule has 0 atom stereocenters. The maximum atomic E-state index is 11.5. The van der Waals surface area contributed by atoms with Crippen LogP contribution in [-0.4, -0.2) is 30.7 Å². The largest absolute Gasteiger partial charge is 0.349 e. The van der Waals surface area contributed by atoms with Crippen LogP contribution in [0.3, 0.4) is 0 Å². The number of aromatic nitrogens is 2. The summed E-state index contributed by atoms with van der Waals surface area (Å²) in [5, 5.41) is 0. The molecule has 2 N–H and O–H groups in total. The number of H-pyrrole nitrogens is 1. The lowest BCUT2D eigenvalue weighted by Crippen LogP contribution is -2.28. The van der Waals surface area contributed by atoms with Crippen molar-refractivity contribution in [2.24, 2.45) is 5.92 Å². The maximum Gasteiger partial charge on any atom is 0.211 e. The summed E-state index contributed by atoms with van der Waals surface area (Å²) in [6.45, 7) is 0.496. The second kappa shape index (κ2) is 4.97. The number of sulfonamides is 1. The summed E-state index contributed by atoms with van der Waals surface area (Å²) >= 11 is 0. The molecule has 0 amide bonds. The number of aryl methyl sites for hydroxylation is 1. The molecule has 1 fully saturated rings. The van der Waals surface area contributed by atoms with Crippen molar-refractivity contribution >= 4 is 10.0 Å². The highest BCUT2D eigenvalue weighted by atomic mass is 32.2. The van der Waals surface area contributed by atoms with Crippen LogP contribution in [-0.2, 0) is 16.4 Å². The third-order valence-corrected chi connectivity index (χ3v) is 4.17. The fourth-order valence-electron chi connectivity index (χ4n) is 1.57. The molecule has 1 aliphatic carbocycles. The van der Waals surface area contributed by atoms with Crippen molar-refractivity contribution in [1.29, 1.82) is 0 Å². The van der Waals surface area contributed by atoms with Crippen molar-refractivity contribution < 1.29 is 8.42 Å². The van der Waals surface area contributed by atoms with E-state index in [2.05, 4.69) is 14.7 Å². The SMILES string of the molecule is O=S(=O)(CC1CC1)NCCCc1ncc[nH]1. The summed E-state index contributed by atoms with van der Waals surface area (Å²) in [6.07, 6.45) is 7.15. The van der Waals surface area contributed by atoms with Crippen molar-refractivity contribution in [3.8, 4) is 0 Å². The van der Waals surface area contributed by atoms with Gasteiger partial charge in [0.05, 0.1) is 5.75 Å². The summed E-state index contributed by atoms with van der Waals surface area (Å²) in [5.41, 5.74) is 0. The van der Waals surface area contributed by atoms with Crippen molar-refractivity contribution in [2.45, 2.75) is 25.7 Å². The molecular weight excluding hydrogens is 226 g/mol. The average molecular weight is 243 g/mol. The van der Waals surface area contributed by atoms with Crippen LogP contribution in [0.25, 0.3) is 0 Å². The van der Waals surface area contributed by atoms with E-state index in [1.165, 1.54) is 0 Å². The number of aromatic amines is 1. The van der Waals surface area contributed by atoms with Gasteiger partial charge in [-0.05, 0) is 25.2 Å². The minimum Gasteiger partial charge on any atom is -0.349 e. The van der Waals surface area contributed by atoms with Crippen molar-refractivity contribution in [2.75, 3.05) is 12.3 Å². The number of hydrogen-bond donors (Lipinski definition) is 2. The minimum atomic E-state index is -3.04. The number of imidazole rings is 1. The predicted octanol–water partition coefficient (Wildman–Crippen LogP) is 0.672. The summed E-state index contributed by atoms with van der Waals surface area (Å²) in [5.74, 6) is 1.61. The monoisotopic (exact) mass is 243 g/mol. The maximum absolute atomic E-state index is 11.5. The van der Waals surface area contributed by atoms with Crippen LogP contribution in [0.15, 0.2) is 12.4 Å². The fourth-order valence-corrected chi connectivity index (χ4v) is 3.10. The van der Waals surface area contributed by atoms with Crippen LogP contribution < -0.4 is 4.72 Å². The minimum absolute atomic E-state index is 0.299. The second-order valence-corrected chi connectivity index (χ2v) is 6.11. The van der Waals surface area contributed by atoms with Gasteiger partial charge in [0.2, 0.25) is 10.0 Å². The molecule has 0 saturated heterocycles. The van der Waals surface area contributed by atoms with E-state index in [0.29, 0.717) is 18.2 Å². The van der Waals surface area contributed by atoms with Crippen molar-refractivity contribution in [3.63, 3.8) is 0 Å². The van der Waals surface area contributed by atoms with Crippen LogP contribution in [0.5, 0.6) is 0 Å². The Morgan fingerprint density at radius 2 is 2.31 bits per heavy atom. The van der Waals surface area contributed by atoms with Crippen LogP contribution in [0.2, 0.25) is 0 Å². The highest BCUT2D eigenvalue weighted by molar-refractivity contribution is 7.89. The van der Waals surface area contributed by atoms with Crippen LogP contribution >= 0.6 is 0 Å². The van der Waals surface area contributed by atoms with Gasteiger partial charge in [-0.1, -0.05) is 0 Å². The molecule has 0 unspecified atom stereocenters. The zero-order valence-electron chi connectivity index (χ0n) is 9.15. The first-order valence-corrected chi connectivity index (χ1v) is 7.26. The molecule has 90 valence electrons. The lowest BCUT2D eigenvalue weighted by atomic mass is 10.3. The van der Waals surface area contributed by atoms with Gasteiger partial charge in [0.25, 0.3) is 0 Å². The predicted molar refractivity (Wildman–Crippen MR) is 61.4 cm³/mol. The highest BCUT2D eigenvalue weighted by Gasteiger charge is 2.27.